The average Bonchev–Trinajstić information content (AvgIpc) is 3.52. The molecule has 4 heteroatoms. The van der Waals surface area contributed by atoms with Gasteiger partial charge in [0.25, 0.3) is 0 Å². The summed E-state index contributed by atoms with van der Waals surface area (Å²) in [5, 5.41) is 4.90. The van der Waals surface area contributed by atoms with Gasteiger partial charge in [0.15, 0.2) is 14.3 Å². The third-order valence-electron chi connectivity index (χ3n) is 9.45. The molecule has 5 aromatic rings. The minimum absolute atomic E-state index is 0.0190. The Labute approximate surface area is 273 Å². The molecule has 0 unspecified atom stereocenters. The van der Waals surface area contributed by atoms with Gasteiger partial charge in [-0.05, 0) is 68.5 Å². The Morgan fingerprint density at radius 3 is 1.07 bits per heavy atom. The van der Waals surface area contributed by atoms with Gasteiger partial charge in [-0.25, -0.2) is 0 Å². The molecule has 2 heterocycles. The van der Waals surface area contributed by atoms with Crippen LogP contribution in [-0.2, 0) is 20.0 Å². The van der Waals surface area contributed by atoms with E-state index >= 15 is 9.13 Å². The molecule has 0 radical (unpaired) electrons. The zero-order chi connectivity index (χ0) is 32.5. The van der Waals surface area contributed by atoms with Crippen molar-refractivity contribution in [2.45, 2.75) is 52.4 Å². The number of rotatable bonds is 4. The van der Waals surface area contributed by atoms with E-state index in [-0.39, 0.29) is 10.8 Å². The van der Waals surface area contributed by atoms with Crippen molar-refractivity contribution < 1.29 is 9.13 Å². The maximum Gasteiger partial charge on any atom is 0.172 e. The van der Waals surface area contributed by atoms with E-state index in [1.54, 1.807) is 0 Å². The Morgan fingerprint density at radius 2 is 0.761 bits per heavy atom. The molecule has 46 heavy (non-hydrogen) atoms. The van der Waals surface area contributed by atoms with Gasteiger partial charge in [0.1, 0.15) is 0 Å². The van der Waals surface area contributed by atoms with E-state index in [0.717, 1.165) is 54.1 Å². The molecule has 2 aliphatic rings. The molecule has 0 amide bonds. The zero-order valence-corrected chi connectivity index (χ0v) is 29.2. The molecule has 0 spiro atoms. The molecule has 2 aliphatic heterocycles. The first-order chi connectivity index (χ1) is 21.8. The van der Waals surface area contributed by atoms with Crippen molar-refractivity contribution in [1.82, 2.24) is 0 Å². The third kappa shape index (κ3) is 4.86. The van der Waals surface area contributed by atoms with E-state index < -0.39 is 14.3 Å². The van der Waals surface area contributed by atoms with Gasteiger partial charge in [-0.15, -0.1) is 0 Å². The quantitative estimate of drug-likeness (QED) is 0.184. The number of benzene rings is 5. The van der Waals surface area contributed by atoms with Crippen molar-refractivity contribution in [3.05, 3.63) is 155 Å². The van der Waals surface area contributed by atoms with Crippen molar-refractivity contribution >= 4 is 58.3 Å². The Morgan fingerprint density at radius 1 is 0.435 bits per heavy atom. The fourth-order valence-corrected chi connectivity index (χ4v) is 12.9. The van der Waals surface area contributed by atoms with E-state index in [4.69, 9.17) is 0 Å². The molecule has 0 aliphatic carbocycles. The van der Waals surface area contributed by atoms with Crippen molar-refractivity contribution in [1.29, 1.82) is 0 Å². The second-order valence-electron chi connectivity index (χ2n) is 14.6. The highest BCUT2D eigenvalue weighted by Crippen LogP contribution is 2.65. The maximum atomic E-state index is 15.6. The van der Waals surface area contributed by atoms with Crippen LogP contribution >= 0.6 is 14.3 Å². The smallest absolute Gasteiger partial charge is 0.172 e. The van der Waals surface area contributed by atoms with Crippen LogP contribution in [0.5, 0.6) is 0 Å². The number of hydrogen-bond donors (Lipinski definition) is 0. The summed E-state index contributed by atoms with van der Waals surface area (Å²) in [6, 6.07) is 40.9. The fourth-order valence-electron chi connectivity index (χ4n) is 6.77. The van der Waals surface area contributed by atoms with Crippen molar-refractivity contribution in [2.24, 2.45) is 0 Å². The summed E-state index contributed by atoms with van der Waals surface area (Å²) in [6.07, 6.45) is 4.17. The van der Waals surface area contributed by atoms with Gasteiger partial charge >= 0.3 is 0 Å². The predicted molar refractivity (Wildman–Crippen MR) is 199 cm³/mol. The van der Waals surface area contributed by atoms with Gasteiger partial charge in [0.05, 0.1) is 0 Å². The minimum atomic E-state index is -3.22. The highest BCUT2D eigenvalue weighted by Gasteiger charge is 2.44. The van der Waals surface area contributed by atoms with E-state index in [1.165, 1.54) is 11.1 Å². The number of hydrogen-bond acceptors (Lipinski definition) is 2. The highest BCUT2D eigenvalue weighted by molar-refractivity contribution is 7.89. The largest absolute Gasteiger partial charge is 0.309 e. The lowest BCUT2D eigenvalue weighted by molar-refractivity contribution is 0.589. The second-order valence-corrected chi connectivity index (χ2v) is 20.0. The Bertz CT molecular complexity index is 1970. The van der Waals surface area contributed by atoms with Gasteiger partial charge in [0.2, 0.25) is 0 Å². The molecule has 230 valence electrons. The van der Waals surface area contributed by atoms with Crippen LogP contribution in [0.4, 0.5) is 0 Å². The van der Waals surface area contributed by atoms with E-state index in [2.05, 4.69) is 114 Å². The van der Waals surface area contributed by atoms with Crippen LogP contribution in [0.2, 0.25) is 0 Å². The molecule has 0 aromatic heterocycles. The van der Waals surface area contributed by atoms with Crippen LogP contribution in [0.3, 0.4) is 0 Å². The van der Waals surface area contributed by atoms with Crippen LogP contribution in [0.1, 0.15) is 74.9 Å². The summed E-state index contributed by atoms with van der Waals surface area (Å²) in [5.74, 6) is 0. The van der Waals surface area contributed by atoms with Gasteiger partial charge in [-0.2, -0.15) is 0 Å². The lowest BCUT2D eigenvalue weighted by atomic mass is 9.86. The van der Waals surface area contributed by atoms with E-state index in [1.807, 2.05) is 60.7 Å². The second kappa shape index (κ2) is 10.8. The van der Waals surface area contributed by atoms with Crippen LogP contribution in [0.15, 0.2) is 121 Å². The standard InChI is InChI=1S/C42H40O2P2/c1-41(2,3)33-21-17-29(18-22-33)37-25-31-27-40-32(28-39(31)45(37,43)35-13-9-7-10-14-35)26-38(46(40,44)36-15-11-8-12-16-36)30-19-23-34(24-20-30)42(4,5)6/h7-28H,1-6H3/t45-,46-/m0/s1. The van der Waals surface area contributed by atoms with Crippen LogP contribution in [0.25, 0.3) is 22.8 Å². The molecule has 2 atom stereocenters. The maximum absolute atomic E-state index is 15.6. The minimum Gasteiger partial charge on any atom is -0.309 e. The van der Waals surface area contributed by atoms with Crippen molar-refractivity contribution in [3.8, 4) is 0 Å². The first-order valence-electron chi connectivity index (χ1n) is 16.0. The first kappa shape index (κ1) is 30.7. The van der Waals surface area contributed by atoms with E-state index in [0.29, 0.717) is 0 Å². The molecule has 0 saturated heterocycles. The average molecular weight is 639 g/mol. The summed E-state index contributed by atoms with van der Waals surface area (Å²) in [6.45, 7) is 13.2. The molecule has 7 rings (SSSR count). The first-order valence-corrected chi connectivity index (χ1v) is 19.4. The lowest BCUT2D eigenvalue weighted by Gasteiger charge is -2.23. The molecular formula is C42H40O2P2. The lowest BCUT2D eigenvalue weighted by Crippen LogP contribution is -2.21. The predicted octanol–water partition coefficient (Wildman–Crippen LogP) is 9.93. The fraction of sp³-hybridized carbons (Fsp3) is 0.190. The highest BCUT2D eigenvalue weighted by atomic mass is 31.2. The molecule has 0 N–H and O–H groups in total. The normalized spacial score (nSPS) is 20.6. The molecule has 2 nitrogen and oxygen atoms in total. The Hall–Kier alpha value is -3.96. The Kier molecular flexibility index (Phi) is 7.21. The van der Waals surface area contributed by atoms with Crippen LogP contribution in [0, 0.1) is 0 Å². The summed E-state index contributed by atoms with van der Waals surface area (Å²) in [7, 11) is -6.44. The molecule has 0 fully saturated rings. The zero-order valence-electron chi connectivity index (χ0n) is 27.4. The van der Waals surface area contributed by atoms with Crippen LogP contribution in [-0.4, -0.2) is 0 Å². The molecule has 0 bridgehead atoms. The van der Waals surface area contributed by atoms with Gasteiger partial charge in [-0.1, -0.05) is 151 Å². The van der Waals surface area contributed by atoms with Gasteiger partial charge in [0, 0.05) is 31.8 Å². The molecule has 5 aromatic carbocycles. The van der Waals surface area contributed by atoms with Gasteiger partial charge in [-0.3, -0.25) is 0 Å². The topological polar surface area (TPSA) is 34.1 Å². The molecular weight excluding hydrogens is 598 g/mol. The summed E-state index contributed by atoms with van der Waals surface area (Å²) in [5.41, 5.74) is 6.19. The Balaban J connectivity index is 1.44. The van der Waals surface area contributed by atoms with Crippen molar-refractivity contribution in [3.63, 3.8) is 0 Å². The number of fused-ring (bicyclic) bond motifs is 2. The van der Waals surface area contributed by atoms with Crippen molar-refractivity contribution in [2.75, 3.05) is 0 Å². The molecule has 0 saturated carbocycles. The third-order valence-corrected chi connectivity index (χ3v) is 15.8. The summed E-state index contributed by atoms with van der Waals surface area (Å²) >= 11 is 0. The summed E-state index contributed by atoms with van der Waals surface area (Å²) < 4.78 is 31.2. The SMILES string of the molecule is CC(C)(C)c1ccc(C2=Cc3cc4c(cc3[P@]2(=O)c2ccccc2)C=C(c2ccc(C(C)(C)C)cc2)[P@@]4(=O)c2ccccc2)cc1. The van der Waals surface area contributed by atoms with Crippen LogP contribution < -0.4 is 21.2 Å². The summed E-state index contributed by atoms with van der Waals surface area (Å²) in [4.78, 5) is 0. The van der Waals surface area contributed by atoms with E-state index in [9.17, 15) is 0 Å². The monoisotopic (exact) mass is 638 g/mol. The van der Waals surface area contributed by atoms with Gasteiger partial charge < -0.3 is 9.13 Å².